The molecule has 11 heteroatoms. The zero-order chi connectivity index (χ0) is 19.7. The molecular weight excluding hydrogens is 375 g/mol. The summed E-state index contributed by atoms with van der Waals surface area (Å²) < 4.78 is 40.0. The minimum absolute atomic E-state index is 0.113. The second-order valence-electron chi connectivity index (χ2n) is 6.31. The molecule has 0 bridgehead atoms. The van der Waals surface area contributed by atoms with Crippen LogP contribution in [0.2, 0.25) is 0 Å². The minimum atomic E-state index is -4.45. The molecule has 0 spiro atoms. The number of rotatable bonds is 2. The molecule has 3 aromatic rings. The summed E-state index contributed by atoms with van der Waals surface area (Å²) in [6.45, 7) is 1.95. The standard InChI is InChI=1S/C17H16F3N7O/c18-17(19,20)12-2-1-3-13(10-12)22-16(28)26-8-6-25(7-9-26)15-5-4-14-23-21-11-27(14)24-15/h1-5,10-11H,6-9H2,(H,22,28). The average molecular weight is 391 g/mol. The highest BCUT2D eigenvalue weighted by molar-refractivity contribution is 5.89. The third kappa shape index (κ3) is 3.68. The van der Waals surface area contributed by atoms with Crippen LogP contribution in [0.5, 0.6) is 0 Å². The van der Waals surface area contributed by atoms with Crippen molar-refractivity contribution in [1.29, 1.82) is 0 Å². The molecule has 2 aromatic heterocycles. The van der Waals surface area contributed by atoms with Crippen LogP contribution in [-0.2, 0) is 6.18 Å². The van der Waals surface area contributed by atoms with Crippen LogP contribution in [0.15, 0.2) is 42.7 Å². The largest absolute Gasteiger partial charge is 0.416 e. The molecule has 8 nitrogen and oxygen atoms in total. The lowest BCUT2D eigenvalue weighted by Gasteiger charge is -2.35. The lowest BCUT2D eigenvalue weighted by atomic mass is 10.2. The first-order valence-corrected chi connectivity index (χ1v) is 8.55. The van der Waals surface area contributed by atoms with Crippen molar-refractivity contribution in [2.45, 2.75) is 6.18 Å². The smallest absolute Gasteiger partial charge is 0.352 e. The van der Waals surface area contributed by atoms with Gasteiger partial charge in [0, 0.05) is 31.9 Å². The maximum atomic E-state index is 12.8. The number of carbonyl (C=O) groups is 1. The van der Waals surface area contributed by atoms with E-state index in [0.717, 1.165) is 18.0 Å². The van der Waals surface area contributed by atoms with Crippen LogP contribution in [0.1, 0.15) is 5.56 Å². The molecule has 1 saturated heterocycles. The number of halogens is 3. The second-order valence-corrected chi connectivity index (χ2v) is 6.31. The Hall–Kier alpha value is -3.37. The lowest BCUT2D eigenvalue weighted by Crippen LogP contribution is -2.50. The van der Waals surface area contributed by atoms with Crippen molar-refractivity contribution in [3.63, 3.8) is 0 Å². The summed E-state index contributed by atoms with van der Waals surface area (Å²) in [7, 11) is 0. The van der Waals surface area contributed by atoms with Crippen LogP contribution in [0, 0.1) is 0 Å². The van der Waals surface area contributed by atoms with Crippen LogP contribution < -0.4 is 10.2 Å². The van der Waals surface area contributed by atoms with Crippen LogP contribution >= 0.6 is 0 Å². The van der Waals surface area contributed by atoms with Crippen LogP contribution in [0.25, 0.3) is 5.65 Å². The molecule has 0 radical (unpaired) electrons. The van der Waals surface area contributed by atoms with E-state index in [-0.39, 0.29) is 5.69 Å². The third-order valence-electron chi connectivity index (χ3n) is 4.48. The number of nitrogens with one attached hydrogen (secondary N) is 1. The van der Waals surface area contributed by atoms with Gasteiger partial charge in [-0.1, -0.05) is 6.07 Å². The Bertz CT molecular complexity index is 996. The number of piperazine rings is 1. The first-order valence-electron chi connectivity index (χ1n) is 8.55. The number of nitrogens with zero attached hydrogens (tertiary/aromatic N) is 6. The van der Waals surface area contributed by atoms with Crippen molar-refractivity contribution in [1.82, 2.24) is 24.7 Å². The Morgan fingerprint density at radius 3 is 2.61 bits per heavy atom. The first-order chi connectivity index (χ1) is 13.4. The molecule has 0 saturated carbocycles. The molecule has 146 valence electrons. The maximum Gasteiger partial charge on any atom is 0.416 e. The molecule has 1 fully saturated rings. The van der Waals surface area contributed by atoms with Gasteiger partial charge in [-0.3, -0.25) is 0 Å². The number of anilines is 2. The van der Waals surface area contributed by atoms with Crippen molar-refractivity contribution in [2.24, 2.45) is 0 Å². The number of carbonyl (C=O) groups excluding carboxylic acids is 1. The monoisotopic (exact) mass is 391 g/mol. The minimum Gasteiger partial charge on any atom is -0.352 e. The highest BCUT2D eigenvalue weighted by Gasteiger charge is 2.30. The molecule has 1 aliphatic rings. The topological polar surface area (TPSA) is 78.7 Å². The van der Waals surface area contributed by atoms with E-state index in [9.17, 15) is 18.0 Å². The fourth-order valence-corrected chi connectivity index (χ4v) is 3.00. The van der Waals surface area contributed by atoms with Gasteiger partial charge in [0.25, 0.3) is 0 Å². The summed E-state index contributed by atoms with van der Waals surface area (Å²) in [5.41, 5.74) is -0.0459. The molecule has 3 heterocycles. The Labute approximate surface area is 157 Å². The van der Waals surface area contributed by atoms with E-state index in [4.69, 9.17) is 0 Å². The van der Waals surface area contributed by atoms with E-state index >= 15 is 0 Å². The van der Waals surface area contributed by atoms with Gasteiger partial charge in [-0.25, -0.2) is 4.79 Å². The van der Waals surface area contributed by atoms with E-state index < -0.39 is 17.8 Å². The highest BCUT2D eigenvalue weighted by atomic mass is 19.4. The first kappa shape index (κ1) is 18.0. The molecule has 28 heavy (non-hydrogen) atoms. The Kier molecular flexibility index (Phi) is 4.49. The summed E-state index contributed by atoms with van der Waals surface area (Å²) in [5, 5.41) is 14.6. The predicted molar refractivity (Wildman–Crippen MR) is 95.0 cm³/mol. The van der Waals surface area contributed by atoms with Gasteiger partial charge in [-0.2, -0.15) is 17.7 Å². The van der Waals surface area contributed by atoms with E-state index in [1.165, 1.54) is 18.5 Å². The zero-order valence-electron chi connectivity index (χ0n) is 14.6. The van der Waals surface area contributed by atoms with Crippen LogP contribution in [0.3, 0.4) is 0 Å². The summed E-state index contributed by atoms with van der Waals surface area (Å²) in [6.07, 6.45) is -2.94. The fourth-order valence-electron chi connectivity index (χ4n) is 3.00. The Morgan fingerprint density at radius 1 is 1.07 bits per heavy atom. The number of fused-ring (bicyclic) bond motifs is 1. The fraction of sp³-hybridized carbons (Fsp3) is 0.294. The van der Waals surface area contributed by atoms with Gasteiger partial charge in [0.2, 0.25) is 0 Å². The molecule has 1 aromatic carbocycles. The quantitative estimate of drug-likeness (QED) is 0.726. The number of alkyl halides is 3. The molecule has 2 amide bonds. The SMILES string of the molecule is O=C(Nc1cccc(C(F)(F)F)c1)N1CCN(c2ccc3nncn3n2)CC1. The average Bonchev–Trinajstić information content (AvgIpc) is 3.15. The van der Waals surface area contributed by atoms with Gasteiger partial charge in [0.05, 0.1) is 5.56 Å². The van der Waals surface area contributed by atoms with Gasteiger partial charge in [-0.15, -0.1) is 15.3 Å². The molecule has 4 rings (SSSR count). The van der Waals surface area contributed by atoms with Crippen molar-refractivity contribution in [3.8, 4) is 0 Å². The summed E-state index contributed by atoms with van der Waals surface area (Å²) >= 11 is 0. The summed E-state index contributed by atoms with van der Waals surface area (Å²) in [4.78, 5) is 16.0. The molecule has 1 N–H and O–H groups in total. The van der Waals surface area contributed by atoms with E-state index in [1.807, 2.05) is 17.0 Å². The van der Waals surface area contributed by atoms with Gasteiger partial charge in [-0.05, 0) is 30.3 Å². The molecule has 0 aliphatic carbocycles. The number of urea groups is 1. The molecule has 1 aliphatic heterocycles. The van der Waals surface area contributed by atoms with Crippen LogP contribution in [-0.4, -0.2) is 56.9 Å². The molecule has 0 atom stereocenters. The van der Waals surface area contributed by atoms with E-state index in [0.29, 0.717) is 31.8 Å². The number of hydrogen-bond donors (Lipinski definition) is 1. The van der Waals surface area contributed by atoms with Gasteiger partial charge in [0.15, 0.2) is 5.65 Å². The summed E-state index contributed by atoms with van der Waals surface area (Å²) in [5.74, 6) is 0.741. The number of hydrogen-bond acceptors (Lipinski definition) is 5. The lowest BCUT2D eigenvalue weighted by molar-refractivity contribution is -0.137. The van der Waals surface area contributed by atoms with E-state index in [1.54, 1.807) is 9.42 Å². The Balaban J connectivity index is 1.37. The van der Waals surface area contributed by atoms with Gasteiger partial charge >= 0.3 is 12.2 Å². The Morgan fingerprint density at radius 2 is 1.86 bits per heavy atom. The maximum absolute atomic E-state index is 12.8. The van der Waals surface area contributed by atoms with Crippen molar-refractivity contribution < 1.29 is 18.0 Å². The number of amides is 2. The zero-order valence-corrected chi connectivity index (χ0v) is 14.6. The predicted octanol–water partition coefficient (Wildman–Crippen LogP) is 2.50. The van der Waals surface area contributed by atoms with Crippen molar-refractivity contribution in [2.75, 3.05) is 36.4 Å². The number of aromatic nitrogens is 4. The van der Waals surface area contributed by atoms with Crippen molar-refractivity contribution in [3.05, 3.63) is 48.3 Å². The normalized spacial score (nSPS) is 15.1. The van der Waals surface area contributed by atoms with Crippen molar-refractivity contribution >= 4 is 23.2 Å². The highest BCUT2D eigenvalue weighted by Crippen LogP contribution is 2.30. The summed E-state index contributed by atoms with van der Waals surface area (Å²) in [6, 6.07) is 7.80. The molecule has 0 unspecified atom stereocenters. The number of benzene rings is 1. The van der Waals surface area contributed by atoms with Crippen LogP contribution in [0.4, 0.5) is 29.5 Å². The third-order valence-corrected chi connectivity index (χ3v) is 4.48. The molecular formula is C17H16F3N7O. The van der Waals surface area contributed by atoms with Gasteiger partial charge in [0.1, 0.15) is 12.1 Å². The van der Waals surface area contributed by atoms with Gasteiger partial charge < -0.3 is 15.1 Å². The second kappa shape index (κ2) is 6.98. The van der Waals surface area contributed by atoms with E-state index in [2.05, 4.69) is 20.6 Å².